The van der Waals surface area contributed by atoms with Crippen LogP contribution in [0.25, 0.3) is 22.6 Å². The summed E-state index contributed by atoms with van der Waals surface area (Å²) in [6, 6.07) is 18.1. The number of nitrogens with one attached hydrogen (secondary N) is 1. The highest BCUT2D eigenvalue weighted by Crippen LogP contribution is 2.28. The number of carbonyl (C=O) groups is 2. The number of carbonyl (C=O) groups excluding carboxylic acids is 2. The second-order valence-corrected chi connectivity index (χ2v) is 15.5. The summed E-state index contributed by atoms with van der Waals surface area (Å²) in [6.07, 6.45) is -0.140. The molecule has 0 unspecified atom stereocenters. The number of fused-ring (bicyclic) bond motifs is 1. The fraction of sp³-hybridized carbons (Fsp3) is 0.346. The smallest absolute Gasteiger partial charge is 0.306 e. The van der Waals surface area contributed by atoms with Crippen LogP contribution in [0.3, 0.4) is 0 Å². The number of para-hydroxylation sites is 2. The van der Waals surface area contributed by atoms with Gasteiger partial charge in [0.05, 0.1) is 17.5 Å². The van der Waals surface area contributed by atoms with Crippen molar-refractivity contribution in [3.63, 3.8) is 0 Å². The maximum absolute atomic E-state index is 12.6. The largest absolute Gasteiger partial charge is 0.461 e. The molecule has 0 atom stereocenters. The summed E-state index contributed by atoms with van der Waals surface area (Å²) in [5, 5.41) is 10.5. The Hall–Kier alpha value is -3.83. The van der Waals surface area contributed by atoms with E-state index in [4.69, 9.17) is 14.1 Å². The molecule has 1 amide bonds. The molecule has 11 heteroatoms. The van der Waals surface area contributed by atoms with Crippen molar-refractivity contribution in [3.8, 4) is 11.5 Å². The summed E-state index contributed by atoms with van der Waals surface area (Å²) in [5.74, 6) is -0.285. The molecule has 2 heterocycles. The fourth-order valence-electron chi connectivity index (χ4n) is 3.56. The van der Waals surface area contributed by atoms with Crippen molar-refractivity contribution in [2.75, 3.05) is 11.9 Å². The van der Waals surface area contributed by atoms with Crippen LogP contribution in [0.2, 0.25) is 25.7 Å². The first-order valence-corrected chi connectivity index (χ1v) is 15.9. The van der Waals surface area contributed by atoms with E-state index in [1.165, 1.54) is 0 Å². The van der Waals surface area contributed by atoms with E-state index in [0.717, 1.165) is 22.6 Å². The average Bonchev–Trinajstić information content (AvgIpc) is 3.48. The number of nitrogens with zero attached hydrogens (tertiary/aromatic N) is 4. The quantitative estimate of drug-likeness (QED) is 0.159. The van der Waals surface area contributed by atoms with Crippen molar-refractivity contribution < 1.29 is 23.7 Å². The Morgan fingerprint density at radius 3 is 2.54 bits per heavy atom. The predicted octanol–water partition coefficient (Wildman–Crippen LogP) is 4.86. The normalized spacial score (nSPS) is 11.5. The zero-order chi connectivity index (χ0) is 26.3. The molecule has 2 aromatic carbocycles. The molecule has 0 spiro atoms. The number of aromatic nitrogens is 4. The molecule has 37 heavy (non-hydrogen) atoms. The van der Waals surface area contributed by atoms with E-state index in [9.17, 15) is 9.59 Å². The van der Waals surface area contributed by atoms with E-state index in [0.29, 0.717) is 12.4 Å². The number of rotatable bonds is 12. The van der Waals surface area contributed by atoms with Crippen LogP contribution in [-0.2, 0) is 32.4 Å². The molecule has 0 saturated heterocycles. The van der Waals surface area contributed by atoms with Crippen LogP contribution in [0.15, 0.2) is 59.2 Å². The lowest BCUT2D eigenvalue weighted by atomic mass is 10.2. The van der Waals surface area contributed by atoms with Crippen molar-refractivity contribution in [3.05, 3.63) is 60.2 Å². The van der Waals surface area contributed by atoms with Gasteiger partial charge in [-0.1, -0.05) is 62.1 Å². The molecular formula is C26H31N5O5Si. The van der Waals surface area contributed by atoms with E-state index in [-0.39, 0.29) is 37.7 Å². The first kappa shape index (κ1) is 26.2. The van der Waals surface area contributed by atoms with Crippen molar-refractivity contribution in [1.82, 2.24) is 19.9 Å². The van der Waals surface area contributed by atoms with Gasteiger partial charge in [0.25, 0.3) is 0 Å². The number of benzene rings is 2. The molecular weight excluding hydrogens is 490 g/mol. The highest BCUT2D eigenvalue weighted by atomic mass is 28.3. The lowest BCUT2D eigenvalue weighted by Crippen LogP contribution is -2.22. The van der Waals surface area contributed by atoms with Crippen molar-refractivity contribution >= 4 is 36.8 Å². The number of anilines is 1. The summed E-state index contributed by atoms with van der Waals surface area (Å²) in [5.41, 5.74) is 2.79. The van der Waals surface area contributed by atoms with E-state index >= 15 is 0 Å². The maximum atomic E-state index is 12.6. The topological polar surface area (TPSA) is 121 Å². The zero-order valence-electron chi connectivity index (χ0n) is 21.3. The third-order valence-corrected chi connectivity index (χ3v) is 7.33. The lowest BCUT2D eigenvalue weighted by molar-refractivity contribution is -0.145. The van der Waals surface area contributed by atoms with Crippen LogP contribution in [0.5, 0.6) is 0 Å². The Balaban J connectivity index is 1.40. The predicted molar refractivity (Wildman–Crippen MR) is 141 cm³/mol. The van der Waals surface area contributed by atoms with Crippen LogP contribution in [0.1, 0.15) is 18.4 Å². The summed E-state index contributed by atoms with van der Waals surface area (Å²) >= 11 is 0. The molecule has 10 nitrogen and oxygen atoms in total. The molecule has 0 aliphatic rings. The van der Waals surface area contributed by atoms with Gasteiger partial charge in [0.1, 0.15) is 13.3 Å². The van der Waals surface area contributed by atoms with Crippen LogP contribution in [0.4, 0.5) is 5.82 Å². The summed E-state index contributed by atoms with van der Waals surface area (Å²) in [4.78, 5) is 29.3. The first-order chi connectivity index (χ1) is 17.8. The monoisotopic (exact) mass is 521 g/mol. The van der Waals surface area contributed by atoms with E-state index < -0.39 is 20.0 Å². The van der Waals surface area contributed by atoms with Crippen LogP contribution in [-0.4, -0.2) is 46.4 Å². The SMILES string of the molecule is C[Si](C)(C)CCOCn1c(-c2nonc2NC(=O)CCC(=O)OCc2ccccc2)nc2ccccc21. The first-order valence-electron chi connectivity index (χ1n) is 12.2. The van der Waals surface area contributed by atoms with Crippen molar-refractivity contribution in [2.45, 2.75) is 51.9 Å². The maximum Gasteiger partial charge on any atom is 0.306 e. The van der Waals surface area contributed by atoms with Gasteiger partial charge in [-0.3, -0.25) is 14.2 Å². The highest BCUT2D eigenvalue weighted by Gasteiger charge is 2.22. The number of hydrogen-bond donors (Lipinski definition) is 1. The number of amides is 1. The molecule has 194 valence electrons. The number of ether oxygens (including phenoxy) is 2. The van der Waals surface area contributed by atoms with Gasteiger partial charge in [-0.25, -0.2) is 9.61 Å². The van der Waals surface area contributed by atoms with Gasteiger partial charge in [-0.2, -0.15) is 0 Å². The second kappa shape index (κ2) is 11.9. The molecule has 0 saturated carbocycles. The van der Waals surface area contributed by atoms with Gasteiger partial charge in [0.2, 0.25) is 11.7 Å². The summed E-state index contributed by atoms with van der Waals surface area (Å²) < 4.78 is 18.0. The van der Waals surface area contributed by atoms with Crippen LogP contribution in [0, 0.1) is 0 Å². The standard InChI is InChI=1S/C26H31N5O5Si/c1-37(2,3)16-15-34-18-31-21-12-8-7-11-20(21)27-26(31)24-25(30-36-29-24)28-22(32)13-14-23(33)35-17-19-9-5-4-6-10-19/h4-12H,13-18H2,1-3H3,(H,28,30,32). The van der Waals surface area contributed by atoms with Crippen LogP contribution < -0.4 is 5.32 Å². The molecule has 2 aromatic heterocycles. The Kier molecular flexibility index (Phi) is 8.46. The average molecular weight is 522 g/mol. The van der Waals surface area contributed by atoms with Gasteiger partial charge in [-0.05, 0) is 34.1 Å². The molecule has 0 fully saturated rings. The molecule has 4 rings (SSSR count). The molecule has 0 aliphatic heterocycles. The third-order valence-electron chi connectivity index (χ3n) is 5.63. The number of imidazole rings is 1. The Labute approximate surface area is 215 Å². The van der Waals surface area contributed by atoms with Gasteiger partial charge in [0, 0.05) is 21.1 Å². The zero-order valence-corrected chi connectivity index (χ0v) is 22.3. The van der Waals surface area contributed by atoms with Crippen LogP contribution >= 0.6 is 0 Å². The molecule has 0 radical (unpaired) electrons. The van der Waals surface area contributed by atoms with Gasteiger partial charge < -0.3 is 14.8 Å². The Morgan fingerprint density at radius 1 is 1.00 bits per heavy atom. The van der Waals surface area contributed by atoms with E-state index in [1.807, 2.05) is 59.2 Å². The molecule has 1 N–H and O–H groups in total. The van der Waals surface area contributed by atoms with Gasteiger partial charge in [0.15, 0.2) is 11.5 Å². The van der Waals surface area contributed by atoms with E-state index in [2.05, 4.69) is 40.3 Å². The minimum atomic E-state index is -1.23. The Bertz CT molecular complexity index is 1350. The Morgan fingerprint density at radius 2 is 1.76 bits per heavy atom. The second-order valence-electron chi connectivity index (χ2n) is 9.86. The molecule has 0 aliphatic carbocycles. The molecule has 0 bridgehead atoms. The van der Waals surface area contributed by atoms with Gasteiger partial charge >= 0.3 is 5.97 Å². The van der Waals surface area contributed by atoms with Gasteiger partial charge in [-0.15, -0.1) is 0 Å². The van der Waals surface area contributed by atoms with E-state index in [1.54, 1.807) is 0 Å². The highest BCUT2D eigenvalue weighted by molar-refractivity contribution is 6.76. The number of hydrogen-bond acceptors (Lipinski definition) is 8. The minimum absolute atomic E-state index is 0.0667. The summed E-state index contributed by atoms with van der Waals surface area (Å²) in [7, 11) is -1.23. The lowest BCUT2D eigenvalue weighted by Gasteiger charge is -2.16. The fourth-order valence-corrected chi connectivity index (χ4v) is 4.32. The number of esters is 1. The minimum Gasteiger partial charge on any atom is -0.461 e. The molecule has 4 aromatic rings. The summed E-state index contributed by atoms with van der Waals surface area (Å²) in [6.45, 7) is 7.97. The van der Waals surface area contributed by atoms with Crippen molar-refractivity contribution in [2.24, 2.45) is 0 Å². The van der Waals surface area contributed by atoms with Crippen molar-refractivity contribution in [1.29, 1.82) is 0 Å². The third kappa shape index (κ3) is 7.34.